The summed E-state index contributed by atoms with van der Waals surface area (Å²) in [5.41, 5.74) is 5.14. The van der Waals surface area contributed by atoms with Crippen molar-refractivity contribution in [3.05, 3.63) is 59.2 Å². The summed E-state index contributed by atoms with van der Waals surface area (Å²) in [5, 5.41) is 2.15. The molecular weight excluding hydrogens is 404 g/mol. The Morgan fingerprint density at radius 2 is 1.90 bits per heavy atom. The summed E-state index contributed by atoms with van der Waals surface area (Å²) in [5.74, 6) is 1.42. The molecule has 4 rings (SSSR count). The van der Waals surface area contributed by atoms with Gasteiger partial charge >= 0.3 is 0 Å². The van der Waals surface area contributed by atoms with E-state index >= 15 is 0 Å². The van der Waals surface area contributed by atoms with Crippen molar-refractivity contribution < 1.29 is 9.53 Å². The van der Waals surface area contributed by atoms with Crippen LogP contribution in [0, 0.1) is 5.92 Å². The molecule has 1 aliphatic heterocycles. The second-order valence-electron chi connectivity index (χ2n) is 8.60. The smallest absolute Gasteiger partial charge is 0.253 e. The molecule has 3 aromatic rings. The van der Waals surface area contributed by atoms with Gasteiger partial charge in [-0.3, -0.25) is 9.78 Å². The highest BCUT2D eigenvalue weighted by atomic mass is 32.1. The van der Waals surface area contributed by atoms with Crippen LogP contribution in [0.3, 0.4) is 0 Å². The Morgan fingerprint density at radius 1 is 1.10 bits per heavy atom. The molecule has 0 aliphatic carbocycles. The Labute approximate surface area is 188 Å². The quantitative estimate of drug-likeness (QED) is 0.456. The molecule has 0 atom stereocenters. The number of thiophene rings is 1. The van der Waals surface area contributed by atoms with Gasteiger partial charge in [-0.15, -0.1) is 11.3 Å². The summed E-state index contributed by atoms with van der Waals surface area (Å²) >= 11 is 1.72. The maximum absolute atomic E-state index is 12.9. The number of amides is 1. The number of aromatic nitrogens is 1. The molecule has 2 aromatic heterocycles. The third-order valence-corrected chi connectivity index (χ3v) is 6.70. The zero-order valence-corrected chi connectivity index (χ0v) is 19.4. The minimum atomic E-state index is 0.102. The normalized spacial score (nSPS) is 14.1. The molecular formula is C26H30N2O2S. The van der Waals surface area contributed by atoms with E-state index in [1.54, 1.807) is 18.4 Å². The fourth-order valence-corrected chi connectivity index (χ4v) is 5.04. The van der Waals surface area contributed by atoms with Gasteiger partial charge in [0.2, 0.25) is 0 Å². The van der Waals surface area contributed by atoms with Gasteiger partial charge in [0.05, 0.1) is 7.11 Å². The van der Waals surface area contributed by atoms with Crippen LogP contribution < -0.4 is 4.74 Å². The van der Waals surface area contributed by atoms with Gasteiger partial charge in [0.25, 0.3) is 5.91 Å². The molecule has 1 aliphatic rings. The van der Waals surface area contributed by atoms with Crippen LogP contribution in [0.2, 0.25) is 0 Å². The van der Waals surface area contributed by atoms with Gasteiger partial charge in [0, 0.05) is 41.0 Å². The monoisotopic (exact) mass is 434 g/mol. The van der Waals surface area contributed by atoms with E-state index in [4.69, 9.17) is 4.74 Å². The first-order valence-electron chi connectivity index (χ1n) is 11.1. The van der Waals surface area contributed by atoms with Crippen molar-refractivity contribution in [3.63, 3.8) is 0 Å². The van der Waals surface area contributed by atoms with Crippen LogP contribution in [0.25, 0.3) is 21.6 Å². The number of pyridine rings is 1. The fraction of sp³-hybridized carbons (Fsp3) is 0.385. The van der Waals surface area contributed by atoms with Crippen LogP contribution in [0.1, 0.15) is 49.2 Å². The predicted octanol–water partition coefficient (Wildman–Crippen LogP) is 6.31. The first kappa shape index (κ1) is 21.6. The van der Waals surface area contributed by atoms with E-state index in [0.717, 1.165) is 54.9 Å². The zero-order chi connectivity index (χ0) is 21.8. The Morgan fingerprint density at radius 3 is 2.65 bits per heavy atom. The summed E-state index contributed by atoms with van der Waals surface area (Å²) in [6.45, 7) is 6.12. The number of piperidine rings is 1. The molecule has 5 heteroatoms. The average Bonchev–Trinajstić information content (AvgIpc) is 3.28. The van der Waals surface area contributed by atoms with Crippen molar-refractivity contribution in [1.29, 1.82) is 0 Å². The van der Waals surface area contributed by atoms with Crippen molar-refractivity contribution in [2.75, 3.05) is 20.2 Å². The van der Waals surface area contributed by atoms with Crippen molar-refractivity contribution in [2.45, 2.75) is 39.5 Å². The van der Waals surface area contributed by atoms with E-state index in [2.05, 4.69) is 42.4 Å². The highest BCUT2D eigenvalue weighted by Crippen LogP contribution is 2.37. The van der Waals surface area contributed by atoms with E-state index < -0.39 is 0 Å². The molecule has 1 fully saturated rings. The largest absolute Gasteiger partial charge is 0.496 e. The SMILES string of the molecule is COc1cc(C(=O)N2CCCCC2)ccc1-c1csc(-c2ccnc(CC(C)C)c2)c1. The van der Waals surface area contributed by atoms with Crippen LogP contribution in [0.5, 0.6) is 5.75 Å². The molecule has 1 amide bonds. The zero-order valence-electron chi connectivity index (χ0n) is 18.6. The lowest BCUT2D eigenvalue weighted by Crippen LogP contribution is -2.35. The van der Waals surface area contributed by atoms with Gasteiger partial charge in [0.15, 0.2) is 0 Å². The molecule has 0 unspecified atom stereocenters. The number of rotatable bonds is 6. The number of methoxy groups -OCH3 is 1. The van der Waals surface area contributed by atoms with E-state index in [1.807, 2.05) is 29.3 Å². The summed E-state index contributed by atoms with van der Waals surface area (Å²) < 4.78 is 5.68. The summed E-state index contributed by atoms with van der Waals surface area (Å²) in [7, 11) is 1.67. The third kappa shape index (κ3) is 4.99. The molecule has 0 radical (unpaired) electrons. The molecule has 0 saturated carbocycles. The van der Waals surface area contributed by atoms with Gasteiger partial charge in [0.1, 0.15) is 5.75 Å². The maximum Gasteiger partial charge on any atom is 0.253 e. The molecule has 4 nitrogen and oxygen atoms in total. The number of carbonyl (C=O) groups is 1. The van der Waals surface area contributed by atoms with E-state index in [1.165, 1.54) is 16.9 Å². The first-order chi connectivity index (χ1) is 15.0. The summed E-state index contributed by atoms with van der Waals surface area (Å²) in [4.78, 5) is 20.6. The molecule has 1 aromatic carbocycles. The lowest BCUT2D eigenvalue weighted by Gasteiger charge is -2.27. The molecule has 31 heavy (non-hydrogen) atoms. The lowest BCUT2D eigenvalue weighted by atomic mass is 10.0. The van der Waals surface area contributed by atoms with Crippen molar-refractivity contribution in [2.24, 2.45) is 5.92 Å². The number of likely N-dealkylation sites (tertiary alicyclic amines) is 1. The van der Waals surface area contributed by atoms with Gasteiger partial charge in [-0.2, -0.15) is 0 Å². The minimum Gasteiger partial charge on any atom is -0.496 e. The van der Waals surface area contributed by atoms with Crippen LogP contribution in [-0.2, 0) is 6.42 Å². The number of ether oxygens (including phenoxy) is 1. The van der Waals surface area contributed by atoms with Crippen LogP contribution in [-0.4, -0.2) is 36.0 Å². The number of carbonyl (C=O) groups excluding carboxylic acids is 1. The average molecular weight is 435 g/mol. The minimum absolute atomic E-state index is 0.102. The highest BCUT2D eigenvalue weighted by molar-refractivity contribution is 7.14. The lowest BCUT2D eigenvalue weighted by molar-refractivity contribution is 0.0724. The molecule has 0 N–H and O–H groups in total. The molecule has 0 spiro atoms. The van der Waals surface area contributed by atoms with Crippen LogP contribution in [0.15, 0.2) is 48.0 Å². The van der Waals surface area contributed by atoms with E-state index in [9.17, 15) is 4.79 Å². The number of hydrogen-bond acceptors (Lipinski definition) is 4. The number of nitrogens with zero attached hydrogens (tertiary/aromatic N) is 2. The first-order valence-corrected chi connectivity index (χ1v) is 11.9. The van der Waals surface area contributed by atoms with Crippen LogP contribution >= 0.6 is 11.3 Å². The van der Waals surface area contributed by atoms with Crippen LogP contribution in [0.4, 0.5) is 0 Å². The van der Waals surface area contributed by atoms with Gasteiger partial charge in [-0.05, 0) is 84.5 Å². The predicted molar refractivity (Wildman–Crippen MR) is 128 cm³/mol. The second kappa shape index (κ2) is 9.65. The number of hydrogen-bond donors (Lipinski definition) is 0. The topological polar surface area (TPSA) is 42.4 Å². The molecule has 3 heterocycles. The van der Waals surface area contributed by atoms with E-state index in [-0.39, 0.29) is 5.91 Å². The Bertz CT molecular complexity index is 1050. The molecule has 162 valence electrons. The van der Waals surface area contributed by atoms with Gasteiger partial charge in [-0.25, -0.2) is 0 Å². The second-order valence-corrected chi connectivity index (χ2v) is 9.51. The molecule has 0 bridgehead atoms. The fourth-order valence-electron chi connectivity index (χ4n) is 4.13. The van der Waals surface area contributed by atoms with Gasteiger partial charge in [-0.1, -0.05) is 13.8 Å². The third-order valence-electron chi connectivity index (χ3n) is 5.72. The van der Waals surface area contributed by atoms with E-state index in [0.29, 0.717) is 11.5 Å². The Balaban J connectivity index is 1.59. The van der Waals surface area contributed by atoms with Crippen molar-refractivity contribution >= 4 is 17.2 Å². The Hall–Kier alpha value is -2.66. The molecule has 1 saturated heterocycles. The standard InChI is InChI=1S/C26H30N2O2S/c1-18(2)13-22-14-19(9-10-27-22)25-16-21(17-31-25)23-8-7-20(15-24(23)30-3)26(29)28-11-5-4-6-12-28/h7-10,14-18H,4-6,11-13H2,1-3H3. The summed E-state index contributed by atoms with van der Waals surface area (Å²) in [6, 6.07) is 12.3. The van der Waals surface area contributed by atoms with Crippen molar-refractivity contribution in [1.82, 2.24) is 9.88 Å². The summed E-state index contributed by atoms with van der Waals surface area (Å²) in [6.07, 6.45) is 6.27. The van der Waals surface area contributed by atoms with Crippen molar-refractivity contribution in [3.8, 4) is 27.3 Å². The highest BCUT2D eigenvalue weighted by Gasteiger charge is 2.20. The Kier molecular flexibility index (Phi) is 6.71. The maximum atomic E-state index is 12.9. The number of benzene rings is 1. The van der Waals surface area contributed by atoms with Gasteiger partial charge < -0.3 is 9.64 Å².